The van der Waals surface area contributed by atoms with Crippen LogP contribution >= 0.6 is 0 Å². The van der Waals surface area contributed by atoms with Crippen molar-refractivity contribution in [2.45, 2.75) is 45.0 Å². The van der Waals surface area contributed by atoms with Crippen molar-refractivity contribution in [2.24, 2.45) is 11.1 Å². The SMILES string of the molecule is CC(C)(C)OC(=O)C1C(c2ccccc2)C(c2ccccc2)=NOC1(C)O. The first kappa shape index (κ1) is 19.1. The van der Waals surface area contributed by atoms with Gasteiger partial charge in [0.05, 0.1) is 11.6 Å². The number of hydrogen-bond acceptors (Lipinski definition) is 5. The first-order valence-corrected chi connectivity index (χ1v) is 9.01. The van der Waals surface area contributed by atoms with Crippen LogP contribution in [0.4, 0.5) is 0 Å². The van der Waals surface area contributed by atoms with Gasteiger partial charge in [0.2, 0.25) is 5.79 Å². The highest BCUT2D eigenvalue weighted by Crippen LogP contribution is 2.41. The van der Waals surface area contributed by atoms with E-state index < -0.39 is 29.2 Å². The maximum atomic E-state index is 13.1. The van der Waals surface area contributed by atoms with E-state index in [4.69, 9.17) is 9.57 Å². The summed E-state index contributed by atoms with van der Waals surface area (Å²) >= 11 is 0. The van der Waals surface area contributed by atoms with Gasteiger partial charge in [-0.3, -0.25) is 4.79 Å². The van der Waals surface area contributed by atoms with E-state index in [-0.39, 0.29) is 0 Å². The zero-order valence-corrected chi connectivity index (χ0v) is 16.0. The van der Waals surface area contributed by atoms with Gasteiger partial charge in [-0.15, -0.1) is 0 Å². The lowest BCUT2D eigenvalue weighted by Gasteiger charge is -2.40. The van der Waals surface area contributed by atoms with Crippen LogP contribution in [0.2, 0.25) is 0 Å². The maximum absolute atomic E-state index is 13.1. The second-order valence-corrected chi connectivity index (χ2v) is 7.89. The number of hydrogen-bond donors (Lipinski definition) is 1. The molecule has 5 heteroatoms. The molecule has 0 fully saturated rings. The summed E-state index contributed by atoms with van der Waals surface area (Å²) in [5.41, 5.74) is 1.59. The Balaban J connectivity index is 2.13. The van der Waals surface area contributed by atoms with Crippen LogP contribution in [0.3, 0.4) is 0 Å². The van der Waals surface area contributed by atoms with Crippen molar-refractivity contribution in [3.8, 4) is 0 Å². The highest BCUT2D eigenvalue weighted by Gasteiger charge is 2.52. The van der Waals surface area contributed by atoms with E-state index >= 15 is 0 Å². The number of carbonyl (C=O) groups is 1. The largest absolute Gasteiger partial charge is 0.460 e. The molecule has 1 heterocycles. The molecule has 0 aromatic heterocycles. The zero-order chi connectivity index (χ0) is 19.7. The summed E-state index contributed by atoms with van der Waals surface area (Å²) in [6.45, 7) is 6.84. The van der Waals surface area contributed by atoms with Crippen molar-refractivity contribution < 1.29 is 19.5 Å². The minimum atomic E-state index is -1.79. The number of aliphatic hydroxyl groups is 1. The van der Waals surface area contributed by atoms with Gasteiger partial charge in [0.1, 0.15) is 11.5 Å². The molecule has 0 radical (unpaired) electrons. The Bertz CT molecular complexity index is 822. The van der Waals surface area contributed by atoms with E-state index in [0.717, 1.165) is 11.1 Å². The summed E-state index contributed by atoms with van der Waals surface area (Å²) in [5.74, 6) is -3.79. The number of benzene rings is 2. The van der Waals surface area contributed by atoms with Gasteiger partial charge < -0.3 is 14.7 Å². The second kappa shape index (κ2) is 7.16. The summed E-state index contributed by atoms with van der Waals surface area (Å²) in [6.07, 6.45) is 0. The lowest BCUT2D eigenvalue weighted by atomic mass is 9.75. The molecule has 27 heavy (non-hydrogen) atoms. The smallest absolute Gasteiger partial charge is 0.317 e. The Hall–Kier alpha value is -2.66. The monoisotopic (exact) mass is 367 g/mol. The van der Waals surface area contributed by atoms with Gasteiger partial charge in [0, 0.05) is 6.92 Å². The molecule has 142 valence electrons. The molecular weight excluding hydrogens is 342 g/mol. The van der Waals surface area contributed by atoms with Crippen molar-refractivity contribution in [2.75, 3.05) is 0 Å². The molecular formula is C22H25NO4. The van der Waals surface area contributed by atoms with Crippen LogP contribution in [0.25, 0.3) is 0 Å². The minimum Gasteiger partial charge on any atom is -0.460 e. The molecule has 0 spiro atoms. The van der Waals surface area contributed by atoms with Gasteiger partial charge in [-0.05, 0) is 31.9 Å². The highest BCUT2D eigenvalue weighted by atomic mass is 16.7. The third-order valence-corrected chi connectivity index (χ3v) is 4.42. The van der Waals surface area contributed by atoms with Crippen LogP contribution in [0.1, 0.15) is 44.7 Å². The molecule has 0 bridgehead atoms. The van der Waals surface area contributed by atoms with Crippen molar-refractivity contribution in [3.63, 3.8) is 0 Å². The summed E-state index contributed by atoms with van der Waals surface area (Å²) in [4.78, 5) is 18.4. The fourth-order valence-corrected chi connectivity index (χ4v) is 3.29. The van der Waals surface area contributed by atoms with Crippen LogP contribution in [0, 0.1) is 5.92 Å². The van der Waals surface area contributed by atoms with E-state index in [9.17, 15) is 9.90 Å². The Kier molecular flexibility index (Phi) is 5.07. The van der Waals surface area contributed by atoms with Crippen LogP contribution in [-0.4, -0.2) is 28.2 Å². The Labute approximate surface area is 159 Å². The van der Waals surface area contributed by atoms with Gasteiger partial charge in [0.15, 0.2) is 0 Å². The van der Waals surface area contributed by atoms with E-state index in [2.05, 4.69) is 5.16 Å². The molecule has 1 N–H and O–H groups in total. The van der Waals surface area contributed by atoms with Crippen LogP contribution in [0.15, 0.2) is 65.8 Å². The summed E-state index contributed by atoms with van der Waals surface area (Å²) < 4.78 is 5.61. The number of ether oxygens (including phenoxy) is 1. The Morgan fingerprint density at radius 2 is 1.63 bits per heavy atom. The molecule has 0 saturated carbocycles. The van der Waals surface area contributed by atoms with Crippen molar-refractivity contribution in [3.05, 3.63) is 71.8 Å². The quantitative estimate of drug-likeness (QED) is 0.836. The molecule has 3 rings (SSSR count). The predicted molar refractivity (Wildman–Crippen MR) is 103 cm³/mol. The molecule has 0 aliphatic carbocycles. The van der Waals surface area contributed by atoms with Crippen LogP contribution < -0.4 is 0 Å². The van der Waals surface area contributed by atoms with Crippen molar-refractivity contribution in [1.29, 1.82) is 0 Å². The molecule has 0 amide bonds. The normalized spacial score (nSPS) is 25.3. The van der Waals surface area contributed by atoms with E-state index in [1.165, 1.54) is 6.92 Å². The van der Waals surface area contributed by atoms with Gasteiger partial charge in [-0.25, -0.2) is 0 Å². The first-order valence-electron chi connectivity index (χ1n) is 9.01. The highest BCUT2D eigenvalue weighted by molar-refractivity contribution is 6.07. The van der Waals surface area contributed by atoms with Gasteiger partial charge in [0.25, 0.3) is 0 Å². The topological polar surface area (TPSA) is 68.1 Å². The van der Waals surface area contributed by atoms with E-state index in [1.807, 2.05) is 60.7 Å². The number of carbonyl (C=O) groups excluding carboxylic acids is 1. The molecule has 3 atom stereocenters. The Morgan fingerprint density at radius 3 is 2.19 bits per heavy atom. The summed E-state index contributed by atoms with van der Waals surface area (Å²) in [6, 6.07) is 19.1. The average Bonchev–Trinajstić information content (AvgIpc) is 2.60. The zero-order valence-electron chi connectivity index (χ0n) is 16.0. The van der Waals surface area contributed by atoms with Crippen molar-refractivity contribution >= 4 is 11.7 Å². The van der Waals surface area contributed by atoms with Crippen LogP contribution in [-0.2, 0) is 14.4 Å². The van der Waals surface area contributed by atoms with Gasteiger partial charge in [-0.1, -0.05) is 65.8 Å². The third-order valence-electron chi connectivity index (χ3n) is 4.42. The molecule has 1 aliphatic rings. The standard InChI is InChI=1S/C22H25NO4/c1-21(2,3)26-20(24)18-17(15-11-7-5-8-12-15)19(23-27-22(18,4)25)16-13-9-6-10-14-16/h5-14,17-18,25H,1-4H3. The molecule has 3 unspecified atom stereocenters. The number of nitrogens with zero attached hydrogens (tertiary/aromatic N) is 1. The van der Waals surface area contributed by atoms with E-state index in [0.29, 0.717) is 5.71 Å². The maximum Gasteiger partial charge on any atom is 0.317 e. The third kappa shape index (κ3) is 4.19. The van der Waals surface area contributed by atoms with E-state index in [1.54, 1.807) is 20.8 Å². The minimum absolute atomic E-state index is 0.507. The molecule has 0 saturated heterocycles. The van der Waals surface area contributed by atoms with Gasteiger partial charge >= 0.3 is 5.97 Å². The Morgan fingerprint density at radius 1 is 1.07 bits per heavy atom. The summed E-state index contributed by atoms with van der Waals surface area (Å²) in [7, 11) is 0. The fraction of sp³-hybridized carbons (Fsp3) is 0.364. The molecule has 2 aromatic rings. The molecule has 2 aromatic carbocycles. The van der Waals surface area contributed by atoms with Gasteiger partial charge in [-0.2, -0.15) is 0 Å². The molecule has 1 aliphatic heterocycles. The molecule has 5 nitrogen and oxygen atoms in total. The lowest BCUT2D eigenvalue weighted by Crippen LogP contribution is -2.51. The number of oxime groups is 1. The number of esters is 1. The lowest BCUT2D eigenvalue weighted by molar-refractivity contribution is -0.242. The average molecular weight is 367 g/mol. The van der Waals surface area contributed by atoms with Crippen molar-refractivity contribution in [1.82, 2.24) is 0 Å². The second-order valence-electron chi connectivity index (χ2n) is 7.89. The van der Waals surface area contributed by atoms with Crippen LogP contribution in [0.5, 0.6) is 0 Å². The summed E-state index contributed by atoms with van der Waals surface area (Å²) in [5, 5.41) is 15.1. The fourth-order valence-electron chi connectivity index (χ4n) is 3.29. The first-order chi connectivity index (χ1) is 12.7. The number of rotatable bonds is 3. The predicted octanol–water partition coefficient (Wildman–Crippen LogP) is 3.87.